The second kappa shape index (κ2) is 8.02. The highest BCUT2D eigenvalue weighted by Gasteiger charge is 2.36. The Labute approximate surface area is 156 Å². The smallest absolute Gasteiger partial charge is 0.421 e. The maximum absolute atomic E-state index is 13.3. The number of hydrogen-bond acceptors (Lipinski definition) is 5. The molecule has 0 aliphatic heterocycles. The van der Waals surface area contributed by atoms with E-state index in [4.69, 9.17) is 9.47 Å². The lowest BCUT2D eigenvalue weighted by atomic mass is 9.98. The molecule has 0 amide bonds. The van der Waals surface area contributed by atoms with E-state index in [9.17, 15) is 13.2 Å². The summed E-state index contributed by atoms with van der Waals surface area (Å²) >= 11 is 0. The van der Waals surface area contributed by atoms with Crippen LogP contribution in [0.2, 0.25) is 0 Å². The first-order valence-corrected chi connectivity index (χ1v) is 8.87. The van der Waals surface area contributed by atoms with Gasteiger partial charge in [0.25, 0.3) is 0 Å². The van der Waals surface area contributed by atoms with Crippen molar-refractivity contribution >= 4 is 11.5 Å². The molecule has 0 saturated heterocycles. The van der Waals surface area contributed by atoms with Gasteiger partial charge in [0.1, 0.15) is 11.3 Å². The molecule has 0 unspecified atom stereocenters. The van der Waals surface area contributed by atoms with Gasteiger partial charge in [-0.05, 0) is 49.9 Å². The molecular weight excluding hydrogens is 359 g/mol. The summed E-state index contributed by atoms with van der Waals surface area (Å²) < 4.78 is 50.8. The highest BCUT2D eigenvalue weighted by Crippen LogP contribution is 2.38. The van der Waals surface area contributed by atoms with Gasteiger partial charge in [0, 0.05) is 18.9 Å². The number of benzene rings is 1. The van der Waals surface area contributed by atoms with Crippen molar-refractivity contribution in [3.63, 3.8) is 0 Å². The third-order valence-electron chi connectivity index (χ3n) is 4.63. The highest BCUT2D eigenvalue weighted by atomic mass is 19.4. The minimum Gasteiger partial charge on any atom is -0.490 e. The topological polar surface area (TPSA) is 47.5 Å². The van der Waals surface area contributed by atoms with E-state index < -0.39 is 11.7 Å². The molecule has 8 heteroatoms. The maximum atomic E-state index is 13.3. The van der Waals surface area contributed by atoms with Crippen LogP contribution in [-0.2, 0) is 6.18 Å². The van der Waals surface area contributed by atoms with Crippen LogP contribution in [0, 0.1) is 0 Å². The quantitative estimate of drug-likeness (QED) is 0.731. The fraction of sp³-hybridized carbons (Fsp3) is 0.474. The zero-order chi connectivity index (χ0) is 19.4. The predicted octanol–water partition coefficient (Wildman–Crippen LogP) is 4.98. The third-order valence-corrected chi connectivity index (χ3v) is 4.63. The minimum atomic E-state index is -4.57. The molecule has 1 saturated carbocycles. The number of hydrogen-bond donors (Lipinski definition) is 0. The lowest BCUT2D eigenvalue weighted by molar-refractivity contribution is -0.137. The van der Waals surface area contributed by atoms with Crippen LogP contribution in [0.5, 0.6) is 11.8 Å². The Morgan fingerprint density at radius 3 is 2.33 bits per heavy atom. The number of alkyl halides is 3. The van der Waals surface area contributed by atoms with Crippen LogP contribution in [-0.4, -0.2) is 30.2 Å². The molecule has 1 heterocycles. The summed E-state index contributed by atoms with van der Waals surface area (Å²) in [6, 6.07) is 6.85. The third kappa shape index (κ3) is 4.61. The zero-order valence-electron chi connectivity index (χ0n) is 15.3. The monoisotopic (exact) mass is 381 g/mol. The normalized spacial score (nSPS) is 15.4. The summed E-state index contributed by atoms with van der Waals surface area (Å²) in [5.74, 6) is 0.450. The van der Waals surface area contributed by atoms with Gasteiger partial charge in [-0.3, -0.25) is 0 Å². The van der Waals surface area contributed by atoms with E-state index in [0.717, 1.165) is 24.8 Å². The molecule has 1 aromatic carbocycles. The Kier molecular flexibility index (Phi) is 5.72. The molecule has 1 aliphatic carbocycles. The maximum Gasteiger partial charge on any atom is 0.421 e. The number of methoxy groups -OCH3 is 1. The summed E-state index contributed by atoms with van der Waals surface area (Å²) in [6.07, 6.45) is 2.04. The van der Waals surface area contributed by atoms with Crippen molar-refractivity contribution in [2.45, 2.75) is 44.4 Å². The van der Waals surface area contributed by atoms with Crippen LogP contribution in [0.15, 0.2) is 30.5 Å². The summed E-state index contributed by atoms with van der Waals surface area (Å²) in [4.78, 5) is 8.83. The Bertz CT molecular complexity index is 760. The molecule has 0 atom stereocenters. The van der Waals surface area contributed by atoms with Gasteiger partial charge in [0.15, 0.2) is 5.82 Å². The molecule has 146 valence electrons. The van der Waals surface area contributed by atoms with Gasteiger partial charge in [-0.25, -0.2) is 4.98 Å². The molecule has 1 aliphatic rings. The lowest BCUT2D eigenvalue weighted by Crippen LogP contribution is -2.20. The van der Waals surface area contributed by atoms with Gasteiger partial charge in [-0.2, -0.15) is 18.2 Å². The second-order valence-corrected chi connectivity index (χ2v) is 6.52. The summed E-state index contributed by atoms with van der Waals surface area (Å²) in [6.45, 7) is 0. The molecule has 0 radical (unpaired) electrons. The van der Waals surface area contributed by atoms with Crippen molar-refractivity contribution in [2.75, 3.05) is 19.1 Å². The average molecular weight is 381 g/mol. The van der Waals surface area contributed by atoms with Crippen molar-refractivity contribution in [2.24, 2.45) is 0 Å². The van der Waals surface area contributed by atoms with Gasteiger partial charge in [-0.1, -0.05) is 6.42 Å². The van der Waals surface area contributed by atoms with E-state index in [0.29, 0.717) is 5.69 Å². The van der Waals surface area contributed by atoms with Crippen molar-refractivity contribution in [1.29, 1.82) is 0 Å². The summed E-state index contributed by atoms with van der Waals surface area (Å²) in [5.41, 5.74) is -0.370. The van der Waals surface area contributed by atoms with E-state index in [2.05, 4.69) is 9.97 Å². The summed E-state index contributed by atoms with van der Waals surface area (Å²) in [7, 11) is 2.83. The van der Waals surface area contributed by atoms with E-state index in [-0.39, 0.29) is 17.9 Å². The minimum absolute atomic E-state index is 0.123. The van der Waals surface area contributed by atoms with Gasteiger partial charge >= 0.3 is 12.2 Å². The second-order valence-electron chi connectivity index (χ2n) is 6.52. The largest absolute Gasteiger partial charge is 0.490 e. The molecule has 27 heavy (non-hydrogen) atoms. The first kappa shape index (κ1) is 19.3. The standard InChI is InChI=1S/C19H22F3N3O2/c1-25(17-16(19(20,21)22)12-23-18(24-17)26-2)13-8-10-15(11-9-13)27-14-6-4-3-5-7-14/h8-12,14H,3-7H2,1-2H3. The Balaban J connectivity index is 1.82. The Morgan fingerprint density at radius 2 is 1.74 bits per heavy atom. The van der Waals surface area contributed by atoms with E-state index in [1.54, 1.807) is 24.3 Å². The number of rotatable bonds is 5. The SMILES string of the molecule is COc1ncc(C(F)(F)F)c(N(C)c2ccc(OC3CCCCC3)cc2)n1. The van der Waals surface area contributed by atoms with Gasteiger partial charge in [0.2, 0.25) is 0 Å². The highest BCUT2D eigenvalue weighted by molar-refractivity contribution is 5.63. The number of halogens is 3. The van der Waals surface area contributed by atoms with Crippen LogP contribution in [0.3, 0.4) is 0 Å². The van der Waals surface area contributed by atoms with Crippen LogP contribution in [0.4, 0.5) is 24.7 Å². The van der Waals surface area contributed by atoms with Crippen LogP contribution in [0.25, 0.3) is 0 Å². The van der Waals surface area contributed by atoms with Crippen LogP contribution < -0.4 is 14.4 Å². The van der Waals surface area contributed by atoms with Gasteiger partial charge in [0.05, 0.1) is 13.2 Å². The van der Waals surface area contributed by atoms with Crippen molar-refractivity contribution < 1.29 is 22.6 Å². The number of anilines is 2. The zero-order valence-corrected chi connectivity index (χ0v) is 15.3. The average Bonchev–Trinajstić information content (AvgIpc) is 2.67. The lowest BCUT2D eigenvalue weighted by Gasteiger charge is -2.24. The van der Waals surface area contributed by atoms with E-state index in [1.807, 2.05) is 0 Å². The van der Waals surface area contributed by atoms with Crippen molar-refractivity contribution in [1.82, 2.24) is 9.97 Å². The molecule has 0 bridgehead atoms. The fourth-order valence-corrected chi connectivity index (χ4v) is 3.16. The molecule has 5 nitrogen and oxygen atoms in total. The molecule has 0 N–H and O–H groups in total. The van der Waals surface area contributed by atoms with Crippen LogP contribution >= 0.6 is 0 Å². The molecule has 0 spiro atoms. The first-order chi connectivity index (χ1) is 12.9. The summed E-state index contributed by atoms with van der Waals surface area (Å²) in [5, 5.41) is 0. The first-order valence-electron chi connectivity index (χ1n) is 8.87. The molecule has 2 aromatic rings. The number of nitrogens with zero attached hydrogens (tertiary/aromatic N) is 3. The van der Waals surface area contributed by atoms with E-state index >= 15 is 0 Å². The van der Waals surface area contributed by atoms with Crippen LogP contribution in [0.1, 0.15) is 37.7 Å². The van der Waals surface area contributed by atoms with Crippen molar-refractivity contribution in [3.8, 4) is 11.8 Å². The molecular formula is C19H22F3N3O2. The van der Waals surface area contributed by atoms with Gasteiger partial charge in [-0.15, -0.1) is 0 Å². The van der Waals surface area contributed by atoms with Gasteiger partial charge < -0.3 is 14.4 Å². The molecule has 1 fully saturated rings. The predicted molar refractivity (Wildman–Crippen MR) is 95.6 cm³/mol. The van der Waals surface area contributed by atoms with E-state index in [1.165, 1.54) is 38.3 Å². The molecule has 1 aromatic heterocycles. The Hall–Kier alpha value is -2.51. The Morgan fingerprint density at radius 1 is 1.07 bits per heavy atom. The number of aromatic nitrogens is 2. The number of ether oxygens (including phenoxy) is 2. The molecule has 3 rings (SSSR count). The van der Waals surface area contributed by atoms with Crippen molar-refractivity contribution in [3.05, 3.63) is 36.0 Å². The fourth-order valence-electron chi connectivity index (χ4n) is 3.16.